The Morgan fingerprint density at radius 3 is 2.50 bits per heavy atom. The smallest absolute Gasteiger partial charge is 0.292 e. The molecular formula is C14H24N4O2. The largest absolute Gasteiger partial charge is 0.393 e. The van der Waals surface area contributed by atoms with Crippen molar-refractivity contribution in [1.29, 1.82) is 0 Å². The number of likely N-dealkylation sites (N-methyl/N-ethyl adjacent to an activating group) is 1. The van der Waals surface area contributed by atoms with Gasteiger partial charge in [-0.3, -0.25) is 10.1 Å². The van der Waals surface area contributed by atoms with Crippen LogP contribution in [0.1, 0.15) is 20.3 Å². The van der Waals surface area contributed by atoms with Crippen molar-refractivity contribution in [2.24, 2.45) is 5.92 Å². The standard InChI is InChI=1S/C14H24N4O2/c1-10(2)7-12(9-17(3)4)16-11-5-6-14(18(19)20)13(15)8-11/h5-6,8,10,12,16H,7,9,15H2,1-4H3. The Bertz CT molecular complexity index is 450. The highest BCUT2D eigenvalue weighted by molar-refractivity contribution is 5.66. The fourth-order valence-corrected chi connectivity index (χ4v) is 2.24. The minimum atomic E-state index is -0.468. The summed E-state index contributed by atoms with van der Waals surface area (Å²) in [5.41, 5.74) is 6.66. The van der Waals surface area contributed by atoms with Gasteiger partial charge in [0, 0.05) is 24.3 Å². The summed E-state index contributed by atoms with van der Waals surface area (Å²) in [6.45, 7) is 5.25. The molecule has 112 valence electrons. The van der Waals surface area contributed by atoms with Gasteiger partial charge < -0.3 is 16.0 Å². The van der Waals surface area contributed by atoms with Crippen molar-refractivity contribution in [2.45, 2.75) is 26.3 Å². The summed E-state index contributed by atoms with van der Waals surface area (Å²) >= 11 is 0. The fourth-order valence-electron chi connectivity index (χ4n) is 2.24. The molecule has 6 heteroatoms. The molecule has 6 nitrogen and oxygen atoms in total. The molecule has 3 N–H and O–H groups in total. The van der Waals surface area contributed by atoms with Gasteiger partial charge in [-0.15, -0.1) is 0 Å². The van der Waals surface area contributed by atoms with Gasteiger partial charge in [0.2, 0.25) is 0 Å². The highest BCUT2D eigenvalue weighted by Crippen LogP contribution is 2.25. The van der Waals surface area contributed by atoms with Crippen LogP contribution in [-0.2, 0) is 0 Å². The first kappa shape index (κ1) is 16.2. The Hall–Kier alpha value is -1.82. The third-order valence-electron chi connectivity index (χ3n) is 2.94. The van der Waals surface area contributed by atoms with E-state index in [2.05, 4.69) is 24.1 Å². The molecule has 0 aliphatic heterocycles. The topological polar surface area (TPSA) is 84.4 Å². The molecule has 0 bridgehead atoms. The number of nitrogen functional groups attached to an aromatic ring is 1. The molecule has 0 saturated carbocycles. The molecule has 0 aliphatic rings. The predicted molar refractivity (Wildman–Crippen MR) is 82.9 cm³/mol. The van der Waals surface area contributed by atoms with Gasteiger partial charge in [-0.2, -0.15) is 0 Å². The predicted octanol–water partition coefficient (Wildman–Crippen LogP) is 2.57. The molecule has 0 amide bonds. The van der Waals surface area contributed by atoms with E-state index < -0.39 is 4.92 Å². The van der Waals surface area contributed by atoms with Crippen LogP contribution in [0.2, 0.25) is 0 Å². The monoisotopic (exact) mass is 280 g/mol. The van der Waals surface area contributed by atoms with Gasteiger partial charge in [0.15, 0.2) is 0 Å². The first-order valence-corrected chi connectivity index (χ1v) is 6.74. The van der Waals surface area contributed by atoms with Crippen molar-refractivity contribution in [3.8, 4) is 0 Å². The summed E-state index contributed by atoms with van der Waals surface area (Å²) in [5.74, 6) is 0.572. The summed E-state index contributed by atoms with van der Waals surface area (Å²) in [4.78, 5) is 12.4. The minimum absolute atomic E-state index is 0.0523. The number of nitro groups is 1. The number of nitrogens with zero attached hydrogens (tertiary/aromatic N) is 2. The van der Waals surface area contributed by atoms with Crippen molar-refractivity contribution in [2.75, 3.05) is 31.7 Å². The molecular weight excluding hydrogens is 256 g/mol. The maximum absolute atomic E-state index is 10.7. The summed E-state index contributed by atoms with van der Waals surface area (Å²) in [6.07, 6.45) is 1.02. The van der Waals surface area contributed by atoms with E-state index in [1.54, 1.807) is 12.1 Å². The lowest BCUT2D eigenvalue weighted by atomic mass is 10.0. The number of anilines is 2. The van der Waals surface area contributed by atoms with Crippen LogP contribution in [0, 0.1) is 16.0 Å². The molecule has 0 spiro atoms. The SMILES string of the molecule is CC(C)CC(CN(C)C)Nc1ccc([N+](=O)[O-])c(N)c1. The number of nitro benzene ring substituents is 1. The number of rotatable bonds is 7. The maximum Gasteiger partial charge on any atom is 0.292 e. The molecule has 1 aromatic rings. The quantitative estimate of drug-likeness (QED) is 0.455. The van der Waals surface area contributed by atoms with Gasteiger partial charge in [-0.05, 0) is 38.6 Å². The number of benzene rings is 1. The molecule has 20 heavy (non-hydrogen) atoms. The Labute approximate surface area is 120 Å². The van der Waals surface area contributed by atoms with Crippen LogP contribution in [0.15, 0.2) is 18.2 Å². The molecule has 1 rings (SSSR count). The number of nitrogens with one attached hydrogen (secondary N) is 1. The van der Waals surface area contributed by atoms with Gasteiger partial charge in [0.25, 0.3) is 5.69 Å². The zero-order valence-corrected chi connectivity index (χ0v) is 12.6. The highest BCUT2D eigenvalue weighted by Gasteiger charge is 2.15. The van der Waals surface area contributed by atoms with E-state index in [1.165, 1.54) is 6.07 Å². The van der Waals surface area contributed by atoms with E-state index in [-0.39, 0.29) is 17.4 Å². The number of nitrogens with two attached hydrogens (primary N) is 1. The van der Waals surface area contributed by atoms with Crippen LogP contribution in [0.3, 0.4) is 0 Å². The molecule has 0 saturated heterocycles. The summed E-state index contributed by atoms with van der Waals surface area (Å²) in [7, 11) is 4.05. The fraction of sp³-hybridized carbons (Fsp3) is 0.571. The van der Waals surface area contributed by atoms with Crippen molar-refractivity contribution in [1.82, 2.24) is 4.90 Å². The van der Waals surface area contributed by atoms with Gasteiger partial charge in [0.05, 0.1) is 4.92 Å². The second-order valence-electron chi connectivity index (χ2n) is 5.76. The van der Waals surface area contributed by atoms with E-state index in [9.17, 15) is 10.1 Å². The van der Waals surface area contributed by atoms with E-state index in [4.69, 9.17) is 5.73 Å². The van der Waals surface area contributed by atoms with Crippen molar-refractivity contribution in [3.63, 3.8) is 0 Å². The van der Waals surface area contributed by atoms with Crippen LogP contribution in [0.25, 0.3) is 0 Å². The lowest BCUT2D eigenvalue weighted by molar-refractivity contribution is -0.383. The average Bonchev–Trinajstić information content (AvgIpc) is 2.26. The van der Waals surface area contributed by atoms with E-state index in [1.807, 2.05) is 14.1 Å². The number of hydrogen-bond donors (Lipinski definition) is 2. The molecule has 0 aromatic heterocycles. The van der Waals surface area contributed by atoms with Crippen LogP contribution < -0.4 is 11.1 Å². The number of hydrogen-bond acceptors (Lipinski definition) is 5. The zero-order chi connectivity index (χ0) is 15.3. The minimum Gasteiger partial charge on any atom is -0.393 e. The second-order valence-corrected chi connectivity index (χ2v) is 5.76. The van der Waals surface area contributed by atoms with Crippen LogP contribution >= 0.6 is 0 Å². The molecule has 1 atom stereocenters. The lowest BCUT2D eigenvalue weighted by Gasteiger charge is -2.25. The molecule has 1 aromatic carbocycles. The molecule has 0 radical (unpaired) electrons. The van der Waals surface area contributed by atoms with E-state index >= 15 is 0 Å². The third-order valence-corrected chi connectivity index (χ3v) is 2.94. The maximum atomic E-state index is 10.7. The van der Waals surface area contributed by atoms with Gasteiger partial charge in [0.1, 0.15) is 5.69 Å². The summed E-state index contributed by atoms with van der Waals surface area (Å²) in [6, 6.07) is 5.06. The normalized spacial score (nSPS) is 12.7. The Morgan fingerprint density at radius 1 is 1.40 bits per heavy atom. The Morgan fingerprint density at radius 2 is 2.05 bits per heavy atom. The van der Waals surface area contributed by atoms with E-state index in [0.717, 1.165) is 18.7 Å². The molecule has 0 aliphatic carbocycles. The van der Waals surface area contributed by atoms with Gasteiger partial charge in [-0.25, -0.2) is 0 Å². The lowest BCUT2D eigenvalue weighted by Crippen LogP contribution is -2.33. The van der Waals surface area contributed by atoms with Gasteiger partial charge in [-0.1, -0.05) is 13.8 Å². The molecule has 0 fully saturated rings. The Balaban J connectivity index is 2.82. The third kappa shape index (κ3) is 5.05. The highest BCUT2D eigenvalue weighted by atomic mass is 16.6. The van der Waals surface area contributed by atoms with Crippen LogP contribution in [-0.4, -0.2) is 36.5 Å². The average molecular weight is 280 g/mol. The van der Waals surface area contributed by atoms with Crippen molar-refractivity contribution < 1.29 is 4.92 Å². The van der Waals surface area contributed by atoms with Crippen molar-refractivity contribution in [3.05, 3.63) is 28.3 Å². The van der Waals surface area contributed by atoms with Crippen LogP contribution in [0.5, 0.6) is 0 Å². The molecule has 1 unspecified atom stereocenters. The summed E-state index contributed by atoms with van der Waals surface area (Å²) in [5, 5.41) is 14.1. The zero-order valence-electron chi connectivity index (χ0n) is 12.6. The van der Waals surface area contributed by atoms with Gasteiger partial charge >= 0.3 is 0 Å². The Kier molecular flexibility index (Phi) is 5.76. The van der Waals surface area contributed by atoms with E-state index in [0.29, 0.717) is 5.92 Å². The second kappa shape index (κ2) is 7.09. The summed E-state index contributed by atoms with van der Waals surface area (Å²) < 4.78 is 0. The first-order chi connectivity index (χ1) is 9.29. The first-order valence-electron chi connectivity index (χ1n) is 6.74. The van der Waals surface area contributed by atoms with Crippen molar-refractivity contribution >= 4 is 17.1 Å². The molecule has 0 heterocycles. The van der Waals surface area contributed by atoms with Crippen LogP contribution in [0.4, 0.5) is 17.1 Å².